The molecule has 4 rings (SSSR count). The number of amides is 2. The molecule has 180 valence electrons. The summed E-state index contributed by atoms with van der Waals surface area (Å²) in [5.74, 6) is 0.378. The van der Waals surface area contributed by atoms with Crippen molar-refractivity contribution in [2.75, 3.05) is 25.0 Å². The molecule has 34 heavy (non-hydrogen) atoms. The average molecular weight is 485 g/mol. The third-order valence-electron chi connectivity index (χ3n) is 5.79. The quantitative estimate of drug-likeness (QED) is 0.455. The largest absolute Gasteiger partial charge is 0.366 e. The molecule has 9 heteroatoms. The van der Waals surface area contributed by atoms with Gasteiger partial charge >= 0.3 is 0 Å². The fourth-order valence-corrected chi connectivity index (χ4v) is 4.11. The highest BCUT2D eigenvalue weighted by Crippen LogP contribution is 2.19. The number of nitrogens with zero attached hydrogens (tertiary/aromatic N) is 2. The molecule has 2 aromatic rings. The summed E-state index contributed by atoms with van der Waals surface area (Å²) < 4.78 is 5.41. The van der Waals surface area contributed by atoms with E-state index in [1.165, 1.54) is 6.08 Å². The highest BCUT2D eigenvalue weighted by atomic mass is 35.5. The minimum atomic E-state index is -0.379. The molecule has 1 unspecified atom stereocenters. The summed E-state index contributed by atoms with van der Waals surface area (Å²) in [7, 11) is 0. The molecule has 2 fully saturated rings. The highest BCUT2D eigenvalue weighted by Gasteiger charge is 2.24. The Bertz CT molecular complexity index is 991. The van der Waals surface area contributed by atoms with Crippen LogP contribution >= 0.6 is 11.6 Å². The maximum absolute atomic E-state index is 12.8. The molecule has 1 aromatic heterocycles. The van der Waals surface area contributed by atoms with Crippen molar-refractivity contribution in [1.29, 1.82) is 0 Å². The van der Waals surface area contributed by atoms with Crippen molar-refractivity contribution < 1.29 is 19.2 Å². The fourth-order valence-electron chi connectivity index (χ4n) is 3.99. The molecule has 0 spiro atoms. The Morgan fingerprint density at radius 3 is 2.71 bits per heavy atom. The molecule has 8 nitrogen and oxygen atoms in total. The second kappa shape index (κ2) is 12.0. The van der Waals surface area contributed by atoms with Gasteiger partial charge in [0.15, 0.2) is 6.29 Å². The monoisotopic (exact) mass is 484 g/mol. The van der Waals surface area contributed by atoms with Crippen molar-refractivity contribution in [3.8, 4) is 0 Å². The lowest BCUT2D eigenvalue weighted by Crippen LogP contribution is -2.45. The number of pyridine rings is 1. The summed E-state index contributed by atoms with van der Waals surface area (Å²) in [5, 5.41) is 4.02. The summed E-state index contributed by atoms with van der Waals surface area (Å²) in [4.78, 5) is 36.3. The second-order valence-corrected chi connectivity index (χ2v) is 8.87. The summed E-state index contributed by atoms with van der Waals surface area (Å²) in [6.45, 7) is 1.99. The Balaban J connectivity index is 1.24. The summed E-state index contributed by atoms with van der Waals surface area (Å²) in [6, 6.07) is 10.8. The van der Waals surface area contributed by atoms with Gasteiger partial charge in [0.1, 0.15) is 5.82 Å². The number of nitrogens with one attached hydrogen (secondary N) is 2. The number of carbonyl (C=O) groups is 2. The molecule has 0 radical (unpaired) electrons. The van der Waals surface area contributed by atoms with Crippen LogP contribution < -0.4 is 10.8 Å². The maximum Gasteiger partial charge on any atom is 0.267 e. The van der Waals surface area contributed by atoms with Crippen LogP contribution in [0.25, 0.3) is 6.08 Å². The van der Waals surface area contributed by atoms with Crippen LogP contribution in [-0.4, -0.2) is 53.7 Å². The number of benzene rings is 1. The van der Waals surface area contributed by atoms with Crippen LogP contribution in [0.3, 0.4) is 0 Å². The Hall–Kier alpha value is -2.94. The number of halogens is 1. The first-order chi connectivity index (χ1) is 16.6. The van der Waals surface area contributed by atoms with Gasteiger partial charge in [-0.05, 0) is 73.7 Å². The Morgan fingerprint density at radius 1 is 1.12 bits per heavy atom. The number of hydrogen-bond donors (Lipinski definition) is 2. The normalized spacial score (nSPS) is 20.8. The average Bonchev–Trinajstić information content (AvgIpc) is 2.88. The minimum absolute atomic E-state index is 0.00826. The number of hydroxylamine groups is 1. The van der Waals surface area contributed by atoms with E-state index in [4.69, 9.17) is 21.2 Å². The number of aromatic nitrogens is 1. The van der Waals surface area contributed by atoms with Gasteiger partial charge in [-0.3, -0.25) is 9.59 Å². The van der Waals surface area contributed by atoms with E-state index < -0.39 is 0 Å². The predicted molar refractivity (Wildman–Crippen MR) is 130 cm³/mol. The van der Waals surface area contributed by atoms with E-state index in [9.17, 15) is 9.59 Å². The summed E-state index contributed by atoms with van der Waals surface area (Å²) in [5.41, 5.74) is 3.82. The van der Waals surface area contributed by atoms with Crippen LogP contribution in [0.2, 0.25) is 5.02 Å². The fraction of sp³-hybridized carbons (Fsp3) is 0.400. The van der Waals surface area contributed by atoms with Crippen LogP contribution in [0.5, 0.6) is 0 Å². The molecule has 2 N–H and O–H groups in total. The maximum atomic E-state index is 12.8. The van der Waals surface area contributed by atoms with Crippen LogP contribution in [-0.2, 0) is 14.4 Å². The zero-order chi connectivity index (χ0) is 23.8. The van der Waals surface area contributed by atoms with Crippen LogP contribution in [0, 0.1) is 0 Å². The zero-order valence-electron chi connectivity index (χ0n) is 18.9. The number of piperidine rings is 1. The van der Waals surface area contributed by atoms with Crippen molar-refractivity contribution >= 4 is 35.3 Å². The van der Waals surface area contributed by atoms with Crippen LogP contribution in [0.1, 0.15) is 48.0 Å². The van der Waals surface area contributed by atoms with E-state index in [1.807, 2.05) is 17.0 Å². The van der Waals surface area contributed by atoms with Crippen molar-refractivity contribution in [2.45, 2.75) is 44.4 Å². The van der Waals surface area contributed by atoms with E-state index in [1.54, 1.807) is 36.5 Å². The van der Waals surface area contributed by atoms with E-state index in [2.05, 4.69) is 15.8 Å². The van der Waals surface area contributed by atoms with Crippen molar-refractivity contribution in [1.82, 2.24) is 15.4 Å². The first-order valence-corrected chi connectivity index (χ1v) is 12.0. The van der Waals surface area contributed by atoms with Gasteiger partial charge in [0.05, 0.1) is 0 Å². The number of anilines is 1. The Morgan fingerprint density at radius 2 is 1.97 bits per heavy atom. The molecule has 1 aromatic carbocycles. The van der Waals surface area contributed by atoms with Crippen molar-refractivity contribution in [3.05, 3.63) is 64.8 Å². The van der Waals surface area contributed by atoms with Crippen LogP contribution in [0.15, 0.2) is 48.7 Å². The molecule has 0 aliphatic carbocycles. The van der Waals surface area contributed by atoms with Gasteiger partial charge < -0.3 is 15.0 Å². The van der Waals surface area contributed by atoms with E-state index in [-0.39, 0.29) is 24.1 Å². The second-order valence-electron chi connectivity index (χ2n) is 8.43. The zero-order valence-corrected chi connectivity index (χ0v) is 19.7. The third kappa shape index (κ3) is 7.03. The summed E-state index contributed by atoms with van der Waals surface area (Å²) >= 11 is 5.93. The highest BCUT2D eigenvalue weighted by molar-refractivity contribution is 6.30. The van der Waals surface area contributed by atoms with Gasteiger partial charge in [0, 0.05) is 55.0 Å². The smallest absolute Gasteiger partial charge is 0.267 e. The first kappa shape index (κ1) is 24.2. The number of rotatable bonds is 7. The third-order valence-corrected chi connectivity index (χ3v) is 6.05. The van der Waals surface area contributed by atoms with Crippen LogP contribution in [0.4, 0.5) is 5.82 Å². The topological polar surface area (TPSA) is 92.8 Å². The standard InChI is InChI=1S/C25H29ClN4O4/c26-20-10-8-19(9-11-20)25(32)30-14-3-4-21(17-30)28-22-12-6-18(16-27-22)7-13-23(31)29-34-24-5-1-2-15-33-24/h6-13,16,21,24H,1-5,14-15,17H2,(H,27,28)(H,29,31)/t21-,24?/m1/s1. The molecule has 2 aliphatic heterocycles. The van der Waals surface area contributed by atoms with E-state index in [0.717, 1.165) is 50.0 Å². The van der Waals surface area contributed by atoms with Gasteiger partial charge in [-0.25, -0.2) is 15.3 Å². The van der Waals surface area contributed by atoms with E-state index in [0.29, 0.717) is 23.7 Å². The van der Waals surface area contributed by atoms with Gasteiger partial charge in [0.2, 0.25) is 0 Å². The number of likely N-dealkylation sites (tertiary alicyclic amines) is 1. The SMILES string of the molecule is O=C(C=Cc1ccc(N[C@@H]2CCCN(C(=O)c3ccc(Cl)cc3)C2)nc1)NOC1CCCCO1. The number of carbonyl (C=O) groups excluding carboxylic acids is 2. The lowest BCUT2D eigenvalue weighted by atomic mass is 10.0. The van der Waals surface area contributed by atoms with E-state index >= 15 is 0 Å². The van der Waals surface area contributed by atoms with Gasteiger partial charge in [0.25, 0.3) is 11.8 Å². The van der Waals surface area contributed by atoms with Crippen molar-refractivity contribution in [2.24, 2.45) is 0 Å². The molecular formula is C25H29ClN4O4. The molecule has 0 saturated carbocycles. The molecule has 0 bridgehead atoms. The number of ether oxygens (including phenoxy) is 1. The van der Waals surface area contributed by atoms with Gasteiger partial charge in [-0.1, -0.05) is 11.6 Å². The Labute approximate surface area is 204 Å². The lowest BCUT2D eigenvalue weighted by molar-refractivity contribution is -0.198. The predicted octanol–water partition coefficient (Wildman–Crippen LogP) is 4.04. The minimum Gasteiger partial charge on any atom is -0.366 e. The molecular weight excluding hydrogens is 456 g/mol. The summed E-state index contributed by atoms with van der Waals surface area (Å²) in [6.07, 6.45) is 9.08. The molecule has 2 atom stereocenters. The van der Waals surface area contributed by atoms with Crippen molar-refractivity contribution in [3.63, 3.8) is 0 Å². The number of hydrogen-bond acceptors (Lipinski definition) is 6. The lowest BCUT2D eigenvalue weighted by Gasteiger charge is -2.33. The van der Waals surface area contributed by atoms with Gasteiger partial charge in [-0.15, -0.1) is 0 Å². The Kier molecular flexibility index (Phi) is 8.51. The molecule has 2 amide bonds. The first-order valence-electron chi connectivity index (χ1n) is 11.6. The molecule has 2 saturated heterocycles. The van der Waals surface area contributed by atoms with Gasteiger partial charge in [-0.2, -0.15) is 0 Å². The molecule has 2 aliphatic rings. The molecule has 3 heterocycles.